The van der Waals surface area contributed by atoms with E-state index in [1.807, 2.05) is 35.7 Å². The summed E-state index contributed by atoms with van der Waals surface area (Å²) >= 11 is 5.06. The lowest BCUT2D eigenvalue weighted by molar-refractivity contribution is -0.115. The normalized spacial score (nSPS) is 14.6. The van der Waals surface area contributed by atoms with Crippen LogP contribution < -0.4 is 10.2 Å². The molecule has 0 radical (unpaired) electrons. The summed E-state index contributed by atoms with van der Waals surface area (Å²) in [5, 5.41) is 5.94. The maximum Gasteiger partial charge on any atom is 0.230 e. The molecule has 2 aromatic carbocycles. The van der Waals surface area contributed by atoms with E-state index in [4.69, 9.17) is 0 Å². The monoisotopic (exact) mass is 498 g/mol. The Morgan fingerprint density at radius 2 is 1.97 bits per heavy atom. The zero-order valence-electron chi connectivity index (χ0n) is 17.9. The molecule has 1 aromatic heterocycles. The first-order chi connectivity index (χ1) is 15.0. The van der Waals surface area contributed by atoms with Crippen LogP contribution in [0.4, 0.5) is 11.4 Å². The molecule has 1 saturated heterocycles. The molecule has 4 rings (SSSR count). The van der Waals surface area contributed by atoms with Gasteiger partial charge in [0.1, 0.15) is 5.01 Å². The third-order valence-electron chi connectivity index (χ3n) is 5.63. The van der Waals surface area contributed by atoms with E-state index in [2.05, 4.69) is 62.0 Å². The number of aromatic nitrogens is 1. The van der Waals surface area contributed by atoms with Gasteiger partial charge >= 0.3 is 0 Å². The second-order valence-corrected chi connectivity index (χ2v) is 9.57. The maximum atomic E-state index is 12.6. The zero-order valence-corrected chi connectivity index (χ0v) is 20.3. The molecule has 162 valence electrons. The summed E-state index contributed by atoms with van der Waals surface area (Å²) < 4.78 is 1.02. The minimum Gasteiger partial charge on any atom is -0.369 e. The van der Waals surface area contributed by atoms with Crippen LogP contribution in [0.1, 0.15) is 18.2 Å². The third kappa shape index (κ3) is 5.53. The fourth-order valence-electron chi connectivity index (χ4n) is 3.81. The lowest BCUT2D eigenvalue weighted by atomic mass is 10.1. The molecule has 7 heteroatoms. The van der Waals surface area contributed by atoms with Gasteiger partial charge in [-0.2, -0.15) is 0 Å². The number of hydrogen-bond donors (Lipinski definition) is 1. The SMILES string of the molecule is CCN1CCN(c2ccc(NC(=O)Cc3csc(-c4cccc(Br)c4)n3)c(C)c2)CC1. The number of rotatable bonds is 6. The van der Waals surface area contributed by atoms with Gasteiger partial charge in [-0.1, -0.05) is 35.0 Å². The van der Waals surface area contributed by atoms with Gasteiger partial charge in [-0.25, -0.2) is 4.98 Å². The fraction of sp³-hybridized carbons (Fsp3) is 0.333. The summed E-state index contributed by atoms with van der Waals surface area (Å²) in [7, 11) is 0. The van der Waals surface area contributed by atoms with Gasteiger partial charge < -0.3 is 15.1 Å². The first kappa shape index (κ1) is 22.0. The molecule has 31 heavy (non-hydrogen) atoms. The summed E-state index contributed by atoms with van der Waals surface area (Å²) in [5.41, 5.74) is 5.02. The van der Waals surface area contributed by atoms with Crippen LogP contribution in [0.25, 0.3) is 10.6 Å². The number of halogens is 1. The van der Waals surface area contributed by atoms with E-state index >= 15 is 0 Å². The Hall–Kier alpha value is -2.22. The van der Waals surface area contributed by atoms with Crippen molar-refractivity contribution >= 4 is 44.5 Å². The minimum atomic E-state index is -0.0431. The number of likely N-dealkylation sites (N-methyl/N-ethyl adjacent to an activating group) is 1. The summed E-state index contributed by atoms with van der Waals surface area (Å²) in [6, 6.07) is 14.3. The smallest absolute Gasteiger partial charge is 0.230 e. The second-order valence-electron chi connectivity index (χ2n) is 7.80. The van der Waals surface area contributed by atoms with Gasteiger partial charge in [0.2, 0.25) is 5.91 Å². The number of nitrogens with zero attached hydrogens (tertiary/aromatic N) is 3. The Morgan fingerprint density at radius 1 is 1.16 bits per heavy atom. The van der Waals surface area contributed by atoms with Gasteiger partial charge in [-0.3, -0.25) is 4.79 Å². The van der Waals surface area contributed by atoms with Crippen molar-refractivity contribution in [2.75, 3.05) is 42.9 Å². The molecule has 0 aliphatic carbocycles. The van der Waals surface area contributed by atoms with E-state index in [-0.39, 0.29) is 12.3 Å². The average molecular weight is 499 g/mol. The molecule has 0 unspecified atom stereocenters. The highest BCUT2D eigenvalue weighted by atomic mass is 79.9. The number of aryl methyl sites for hydroxylation is 1. The number of nitrogens with one attached hydrogen (secondary N) is 1. The topological polar surface area (TPSA) is 48.5 Å². The Labute approximate surface area is 196 Å². The third-order valence-corrected chi connectivity index (χ3v) is 7.07. The lowest BCUT2D eigenvalue weighted by Gasteiger charge is -2.35. The molecule has 2 heterocycles. The van der Waals surface area contributed by atoms with Gasteiger partial charge in [-0.15, -0.1) is 11.3 Å². The van der Waals surface area contributed by atoms with Crippen LogP contribution in [0.2, 0.25) is 0 Å². The molecule has 1 amide bonds. The largest absolute Gasteiger partial charge is 0.369 e. The Balaban J connectivity index is 1.37. The molecule has 1 fully saturated rings. The summed E-state index contributed by atoms with van der Waals surface area (Å²) in [5.74, 6) is -0.0431. The van der Waals surface area contributed by atoms with Gasteiger partial charge in [0, 0.05) is 53.0 Å². The van der Waals surface area contributed by atoms with Crippen LogP contribution >= 0.6 is 27.3 Å². The van der Waals surface area contributed by atoms with Crippen LogP contribution in [0.3, 0.4) is 0 Å². The molecule has 1 N–H and O–H groups in total. The maximum absolute atomic E-state index is 12.6. The van der Waals surface area contributed by atoms with Gasteiger partial charge in [0.15, 0.2) is 0 Å². The Bertz CT molecular complexity index is 1060. The van der Waals surface area contributed by atoms with Crippen LogP contribution in [-0.2, 0) is 11.2 Å². The molecule has 1 aliphatic heterocycles. The molecule has 0 spiro atoms. The van der Waals surface area contributed by atoms with Crippen molar-refractivity contribution in [3.05, 3.63) is 63.6 Å². The fourth-order valence-corrected chi connectivity index (χ4v) is 5.02. The lowest BCUT2D eigenvalue weighted by Crippen LogP contribution is -2.46. The number of benzene rings is 2. The van der Waals surface area contributed by atoms with Crippen molar-refractivity contribution in [1.29, 1.82) is 0 Å². The van der Waals surface area contributed by atoms with Crippen molar-refractivity contribution < 1.29 is 4.79 Å². The predicted molar refractivity (Wildman–Crippen MR) is 133 cm³/mol. The number of piperazine rings is 1. The van der Waals surface area contributed by atoms with E-state index in [1.165, 1.54) is 5.69 Å². The minimum absolute atomic E-state index is 0.0431. The van der Waals surface area contributed by atoms with Crippen molar-refractivity contribution in [3.63, 3.8) is 0 Å². The predicted octanol–water partition coefficient (Wildman–Crippen LogP) is 5.20. The van der Waals surface area contributed by atoms with Crippen molar-refractivity contribution in [3.8, 4) is 10.6 Å². The van der Waals surface area contributed by atoms with Crippen molar-refractivity contribution in [2.24, 2.45) is 0 Å². The standard InChI is InChI=1S/C24H27BrN4OS/c1-3-28-9-11-29(12-10-28)21-7-8-22(17(2)13-21)27-23(30)15-20-16-31-24(26-20)18-5-4-6-19(25)14-18/h4-8,13-14,16H,3,9-12,15H2,1-2H3,(H,27,30). The number of amides is 1. The van der Waals surface area contributed by atoms with Gasteiger partial charge in [0.05, 0.1) is 12.1 Å². The Kier molecular flexibility index (Phi) is 7.05. The van der Waals surface area contributed by atoms with Crippen molar-refractivity contribution in [2.45, 2.75) is 20.3 Å². The number of hydrogen-bond acceptors (Lipinski definition) is 5. The molecule has 3 aromatic rings. The molecular formula is C24H27BrN4OS. The first-order valence-corrected chi connectivity index (χ1v) is 12.3. The summed E-state index contributed by atoms with van der Waals surface area (Å²) in [6.07, 6.45) is 0.269. The van der Waals surface area contributed by atoms with Crippen LogP contribution in [0, 0.1) is 6.92 Å². The number of carbonyl (C=O) groups is 1. The van der Waals surface area contributed by atoms with E-state index in [0.717, 1.165) is 64.7 Å². The highest BCUT2D eigenvalue weighted by Crippen LogP contribution is 2.27. The van der Waals surface area contributed by atoms with E-state index in [0.29, 0.717) is 0 Å². The quantitative estimate of drug-likeness (QED) is 0.506. The molecule has 0 atom stereocenters. The summed E-state index contributed by atoms with van der Waals surface area (Å²) in [4.78, 5) is 22.2. The van der Waals surface area contributed by atoms with E-state index in [9.17, 15) is 4.79 Å². The molecule has 1 aliphatic rings. The Morgan fingerprint density at radius 3 is 2.68 bits per heavy atom. The molecule has 0 saturated carbocycles. The first-order valence-electron chi connectivity index (χ1n) is 10.6. The van der Waals surface area contributed by atoms with Gasteiger partial charge in [0.25, 0.3) is 0 Å². The van der Waals surface area contributed by atoms with E-state index < -0.39 is 0 Å². The number of anilines is 2. The second kappa shape index (κ2) is 9.94. The highest BCUT2D eigenvalue weighted by Gasteiger charge is 2.17. The van der Waals surface area contributed by atoms with Crippen LogP contribution in [0.5, 0.6) is 0 Å². The molecule has 0 bridgehead atoms. The average Bonchev–Trinajstić information content (AvgIpc) is 3.23. The van der Waals surface area contributed by atoms with Crippen LogP contribution in [0.15, 0.2) is 52.3 Å². The summed E-state index contributed by atoms with van der Waals surface area (Å²) in [6.45, 7) is 9.67. The van der Waals surface area contributed by atoms with Crippen LogP contribution in [-0.4, -0.2) is 48.5 Å². The molecule has 5 nitrogen and oxygen atoms in total. The van der Waals surface area contributed by atoms with E-state index in [1.54, 1.807) is 11.3 Å². The number of carbonyl (C=O) groups excluding carboxylic acids is 1. The highest BCUT2D eigenvalue weighted by molar-refractivity contribution is 9.10. The number of thiazole rings is 1. The van der Waals surface area contributed by atoms with Gasteiger partial charge in [-0.05, 0) is 49.4 Å². The van der Waals surface area contributed by atoms with Crippen molar-refractivity contribution in [1.82, 2.24) is 9.88 Å². The molecular weight excluding hydrogens is 472 g/mol. The zero-order chi connectivity index (χ0) is 21.8.